The smallest absolute Gasteiger partial charge is 0.318 e. The topological polar surface area (TPSA) is 58.1 Å². The predicted octanol–water partition coefficient (Wildman–Crippen LogP) is 3.00. The van der Waals surface area contributed by atoms with Crippen LogP contribution >= 0.6 is 11.3 Å². The van der Waals surface area contributed by atoms with Gasteiger partial charge in [-0.05, 0) is 25.5 Å². The van der Waals surface area contributed by atoms with E-state index in [9.17, 15) is 4.79 Å². The summed E-state index contributed by atoms with van der Waals surface area (Å²) < 4.78 is 0. The molecule has 1 atom stereocenters. The molecule has 2 amide bonds. The number of nitrogens with zero attached hydrogens (tertiary/aromatic N) is 3. The van der Waals surface area contributed by atoms with Gasteiger partial charge in [-0.1, -0.05) is 13.0 Å². The molecule has 2 aromatic heterocycles. The fraction of sp³-hybridized carbons (Fsp3) is 0.400. The third-order valence-corrected chi connectivity index (χ3v) is 4.27. The van der Waals surface area contributed by atoms with Crippen molar-refractivity contribution in [3.8, 4) is 0 Å². The zero-order chi connectivity index (χ0) is 15.2. The van der Waals surface area contributed by atoms with Crippen molar-refractivity contribution in [1.29, 1.82) is 0 Å². The molecule has 1 unspecified atom stereocenters. The largest absolute Gasteiger partial charge is 0.330 e. The van der Waals surface area contributed by atoms with Crippen molar-refractivity contribution >= 4 is 17.4 Å². The summed E-state index contributed by atoms with van der Waals surface area (Å²) in [6.45, 7) is 4.54. The molecule has 0 spiro atoms. The molecule has 0 aliphatic heterocycles. The first kappa shape index (κ1) is 15.4. The molecule has 0 aromatic carbocycles. The summed E-state index contributed by atoms with van der Waals surface area (Å²) in [4.78, 5) is 23.6. The average Bonchev–Trinajstić information content (AvgIpc) is 2.95. The molecule has 0 fully saturated rings. The Balaban J connectivity index is 1.90. The molecule has 2 heterocycles. The first-order valence-electron chi connectivity index (χ1n) is 6.96. The molecule has 21 heavy (non-hydrogen) atoms. The van der Waals surface area contributed by atoms with E-state index in [1.165, 1.54) is 4.88 Å². The van der Waals surface area contributed by atoms with Gasteiger partial charge in [0.25, 0.3) is 0 Å². The van der Waals surface area contributed by atoms with Crippen LogP contribution < -0.4 is 5.32 Å². The van der Waals surface area contributed by atoms with Crippen molar-refractivity contribution in [2.45, 2.75) is 32.9 Å². The van der Waals surface area contributed by atoms with E-state index < -0.39 is 0 Å². The fourth-order valence-corrected chi connectivity index (χ4v) is 2.78. The van der Waals surface area contributed by atoms with Crippen LogP contribution in [-0.2, 0) is 13.0 Å². The maximum atomic E-state index is 12.2. The molecule has 5 nitrogen and oxygen atoms in total. The van der Waals surface area contributed by atoms with Crippen molar-refractivity contribution < 1.29 is 4.79 Å². The number of amides is 2. The molecule has 2 aromatic rings. The summed E-state index contributed by atoms with van der Waals surface area (Å²) in [5, 5.41) is 3.89. The molecular weight excluding hydrogens is 284 g/mol. The minimum absolute atomic E-state index is 0.122. The van der Waals surface area contributed by atoms with Crippen molar-refractivity contribution in [1.82, 2.24) is 20.2 Å². The van der Waals surface area contributed by atoms with Crippen LogP contribution in [0.3, 0.4) is 0 Å². The van der Waals surface area contributed by atoms with E-state index in [0.29, 0.717) is 6.54 Å². The second-order valence-electron chi connectivity index (χ2n) is 4.86. The quantitative estimate of drug-likeness (QED) is 0.924. The molecule has 2 rings (SSSR count). The zero-order valence-electron chi connectivity index (χ0n) is 12.5. The molecule has 0 bridgehead atoms. The summed E-state index contributed by atoms with van der Waals surface area (Å²) in [6.07, 6.45) is 4.58. The summed E-state index contributed by atoms with van der Waals surface area (Å²) in [7, 11) is 1.77. The highest BCUT2D eigenvalue weighted by molar-refractivity contribution is 7.11. The number of carbonyl (C=O) groups excluding carboxylic acids is 1. The van der Waals surface area contributed by atoms with Gasteiger partial charge >= 0.3 is 6.03 Å². The number of urea groups is 1. The number of nitrogens with one attached hydrogen (secondary N) is 1. The minimum atomic E-state index is -0.124. The predicted molar refractivity (Wildman–Crippen MR) is 84.1 cm³/mol. The first-order valence-corrected chi connectivity index (χ1v) is 7.78. The molecule has 0 saturated carbocycles. The second kappa shape index (κ2) is 7.17. The highest BCUT2D eigenvalue weighted by Gasteiger charge is 2.15. The number of hydrogen-bond acceptors (Lipinski definition) is 4. The van der Waals surface area contributed by atoms with E-state index in [2.05, 4.69) is 22.2 Å². The number of aromatic nitrogens is 2. The Morgan fingerprint density at radius 1 is 1.43 bits per heavy atom. The van der Waals surface area contributed by atoms with Gasteiger partial charge in [0.2, 0.25) is 0 Å². The number of rotatable bonds is 5. The SMILES string of the molecule is CCc1cnc(CN(C)C(=O)NC(C)c2ccccn2)s1. The van der Waals surface area contributed by atoms with E-state index in [0.717, 1.165) is 17.1 Å². The Bertz CT molecular complexity index is 584. The lowest BCUT2D eigenvalue weighted by Gasteiger charge is -2.20. The van der Waals surface area contributed by atoms with Gasteiger partial charge in [0.15, 0.2) is 0 Å². The maximum Gasteiger partial charge on any atom is 0.318 e. The van der Waals surface area contributed by atoms with Crippen LogP contribution in [0.2, 0.25) is 0 Å². The Hall–Kier alpha value is -1.95. The van der Waals surface area contributed by atoms with Crippen LogP contribution in [0.5, 0.6) is 0 Å². The van der Waals surface area contributed by atoms with E-state index in [1.54, 1.807) is 29.5 Å². The Morgan fingerprint density at radius 3 is 2.86 bits per heavy atom. The highest BCUT2D eigenvalue weighted by Crippen LogP contribution is 2.15. The minimum Gasteiger partial charge on any atom is -0.330 e. The Labute approximate surface area is 129 Å². The Morgan fingerprint density at radius 2 is 2.24 bits per heavy atom. The van der Waals surface area contributed by atoms with Crippen molar-refractivity contribution in [2.75, 3.05) is 7.05 Å². The zero-order valence-corrected chi connectivity index (χ0v) is 13.4. The Kier molecular flexibility index (Phi) is 5.27. The normalized spacial score (nSPS) is 12.0. The van der Waals surface area contributed by atoms with Crippen LogP contribution in [0.1, 0.15) is 35.5 Å². The maximum absolute atomic E-state index is 12.2. The van der Waals surface area contributed by atoms with E-state index in [-0.39, 0.29) is 12.1 Å². The third-order valence-electron chi connectivity index (χ3n) is 3.14. The summed E-state index contributed by atoms with van der Waals surface area (Å²) >= 11 is 1.65. The summed E-state index contributed by atoms with van der Waals surface area (Å²) in [6, 6.07) is 5.43. The molecule has 0 aliphatic rings. The van der Waals surface area contributed by atoms with Gasteiger partial charge in [-0.15, -0.1) is 11.3 Å². The lowest BCUT2D eigenvalue weighted by molar-refractivity contribution is 0.203. The highest BCUT2D eigenvalue weighted by atomic mass is 32.1. The average molecular weight is 304 g/mol. The van der Waals surface area contributed by atoms with Crippen LogP contribution in [0.25, 0.3) is 0 Å². The number of hydrogen-bond donors (Lipinski definition) is 1. The molecule has 0 aliphatic carbocycles. The fourth-order valence-electron chi connectivity index (χ4n) is 1.86. The van der Waals surface area contributed by atoms with Gasteiger partial charge in [0, 0.05) is 24.3 Å². The van der Waals surface area contributed by atoms with Gasteiger partial charge in [-0.3, -0.25) is 4.98 Å². The standard InChI is InChI=1S/C15H20N4OS/c1-4-12-9-17-14(21-12)10-19(3)15(20)18-11(2)13-7-5-6-8-16-13/h5-9,11H,4,10H2,1-3H3,(H,18,20). The number of aryl methyl sites for hydroxylation is 1. The molecule has 0 radical (unpaired) electrons. The van der Waals surface area contributed by atoms with Gasteiger partial charge < -0.3 is 10.2 Å². The van der Waals surface area contributed by atoms with E-state index >= 15 is 0 Å². The molecule has 6 heteroatoms. The summed E-state index contributed by atoms with van der Waals surface area (Å²) in [5.41, 5.74) is 0.849. The van der Waals surface area contributed by atoms with Gasteiger partial charge in [0.05, 0.1) is 18.3 Å². The third kappa shape index (κ3) is 4.26. The van der Waals surface area contributed by atoms with Gasteiger partial charge in [-0.25, -0.2) is 9.78 Å². The molecule has 0 saturated heterocycles. The van der Waals surface area contributed by atoms with Crippen molar-refractivity contribution in [3.63, 3.8) is 0 Å². The molecule has 1 N–H and O–H groups in total. The van der Waals surface area contributed by atoms with Crippen LogP contribution in [0, 0.1) is 0 Å². The lowest BCUT2D eigenvalue weighted by atomic mass is 10.2. The monoisotopic (exact) mass is 304 g/mol. The number of pyridine rings is 1. The van der Waals surface area contributed by atoms with Crippen LogP contribution in [-0.4, -0.2) is 27.9 Å². The molecule has 112 valence electrons. The van der Waals surface area contributed by atoms with E-state index in [4.69, 9.17) is 0 Å². The number of carbonyl (C=O) groups is 1. The lowest BCUT2D eigenvalue weighted by Crippen LogP contribution is -2.38. The van der Waals surface area contributed by atoms with Crippen LogP contribution in [0.15, 0.2) is 30.6 Å². The first-order chi connectivity index (χ1) is 10.1. The van der Waals surface area contributed by atoms with Gasteiger partial charge in [0.1, 0.15) is 5.01 Å². The number of thiazole rings is 1. The van der Waals surface area contributed by atoms with Crippen molar-refractivity contribution in [3.05, 3.63) is 46.2 Å². The molecular formula is C15H20N4OS. The van der Waals surface area contributed by atoms with Crippen LogP contribution in [0.4, 0.5) is 4.79 Å². The second-order valence-corrected chi connectivity index (χ2v) is 6.06. The van der Waals surface area contributed by atoms with Gasteiger partial charge in [-0.2, -0.15) is 0 Å². The summed E-state index contributed by atoms with van der Waals surface area (Å²) in [5.74, 6) is 0. The van der Waals surface area contributed by atoms with E-state index in [1.807, 2.05) is 31.3 Å². The van der Waals surface area contributed by atoms with Crippen molar-refractivity contribution in [2.24, 2.45) is 0 Å².